The maximum atomic E-state index is 2.76. The summed E-state index contributed by atoms with van der Waals surface area (Å²) >= 11 is 2.11. The summed E-state index contributed by atoms with van der Waals surface area (Å²) in [5.41, 5.74) is 1.49. The van der Waals surface area contributed by atoms with Crippen molar-refractivity contribution in [2.45, 2.75) is 97.4 Å². The largest absolute Gasteiger partial charge is 1.00 e. The molecular formula is C25H42INS. The van der Waals surface area contributed by atoms with Gasteiger partial charge in [0.05, 0.1) is 5.75 Å². The van der Waals surface area contributed by atoms with Crippen LogP contribution in [-0.2, 0) is 6.42 Å². The normalized spacial score (nSPS) is 16.6. The summed E-state index contributed by atoms with van der Waals surface area (Å²) in [4.78, 5) is 0. The highest BCUT2D eigenvalue weighted by Crippen LogP contribution is 2.26. The van der Waals surface area contributed by atoms with Crippen molar-refractivity contribution in [2.24, 2.45) is 5.92 Å². The van der Waals surface area contributed by atoms with Gasteiger partial charge in [0.25, 0.3) is 0 Å². The number of thioether (sulfide) groups is 1. The van der Waals surface area contributed by atoms with Gasteiger partial charge in [0.15, 0.2) is 6.04 Å². The molecule has 1 atom stereocenters. The molecule has 0 saturated carbocycles. The van der Waals surface area contributed by atoms with Crippen LogP contribution in [0.2, 0.25) is 0 Å². The molecule has 3 heteroatoms. The molecule has 0 amide bonds. The molecule has 0 spiro atoms. The van der Waals surface area contributed by atoms with Crippen molar-refractivity contribution in [2.75, 3.05) is 12.3 Å². The first-order valence-corrected chi connectivity index (χ1v) is 12.5. The molecule has 0 radical (unpaired) electrons. The molecular weight excluding hydrogens is 473 g/mol. The van der Waals surface area contributed by atoms with E-state index in [1.807, 2.05) is 0 Å². The Balaban J connectivity index is 0.00000392. The molecule has 28 heavy (non-hydrogen) atoms. The van der Waals surface area contributed by atoms with E-state index in [-0.39, 0.29) is 24.0 Å². The minimum Gasteiger partial charge on any atom is -1.00 e. The van der Waals surface area contributed by atoms with Crippen LogP contribution in [0.25, 0.3) is 0 Å². The van der Waals surface area contributed by atoms with Gasteiger partial charge >= 0.3 is 0 Å². The Bertz CT molecular complexity index is 541. The summed E-state index contributed by atoms with van der Waals surface area (Å²) < 4.78 is 2.76. The first-order chi connectivity index (χ1) is 13.2. The SMILES string of the molecule is CCCCCCCCCCCC[N+]1=C(C(C)C)SC[C@@H]1Cc1ccccc1.[I-]. The quantitative estimate of drug-likeness (QED) is 0.203. The van der Waals surface area contributed by atoms with E-state index in [2.05, 4.69) is 67.4 Å². The van der Waals surface area contributed by atoms with E-state index in [9.17, 15) is 0 Å². The molecule has 1 aromatic rings. The van der Waals surface area contributed by atoms with E-state index in [1.54, 1.807) is 5.04 Å². The first-order valence-electron chi connectivity index (χ1n) is 11.5. The summed E-state index contributed by atoms with van der Waals surface area (Å²) in [6.45, 7) is 8.28. The van der Waals surface area contributed by atoms with Gasteiger partial charge in [0.1, 0.15) is 6.54 Å². The Morgan fingerprint density at radius 3 is 2.04 bits per heavy atom. The highest BCUT2D eigenvalue weighted by atomic mass is 127. The maximum Gasteiger partial charge on any atom is 0.213 e. The highest BCUT2D eigenvalue weighted by molar-refractivity contribution is 8.13. The Labute approximate surface area is 196 Å². The number of rotatable bonds is 14. The summed E-state index contributed by atoms with van der Waals surface area (Å²) in [5, 5.41) is 1.63. The number of hydrogen-bond acceptors (Lipinski definition) is 1. The third kappa shape index (κ3) is 9.65. The van der Waals surface area contributed by atoms with Crippen molar-refractivity contribution >= 4 is 16.8 Å². The molecule has 0 aliphatic carbocycles. The van der Waals surface area contributed by atoms with Gasteiger partial charge < -0.3 is 24.0 Å². The number of hydrogen-bond donors (Lipinski definition) is 0. The van der Waals surface area contributed by atoms with Gasteiger partial charge in [-0.05, 0) is 12.0 Å². The van der Waals surface area contributed by atoms with Crippen LogP contribution in [0.1, 0.15) is 90.5 Å². The zero-order chi connectivity index (χ0) is 19.3. The fraction of sp³-hybridized carbons (Fsp3) is 0.720. The number of benzene rings is 1. The van der Waals surface area contributed by atoms with E-state index in [4.69, 9.17) is 0 Å². The summed E-state index contributed by atoms with van der Waals surface area (Å²) in [6.07, 6.45) is 15.4. The van der Waals surface area contributed by atoms with Gasteiger partial charge in [-0.15, -0.1) is 0 Å². The highest BCUT2D eigenvalue weighted by Gasteiger charge is 2.34. The minimum absolute atomic E-state index is 0. The standard InChI is InChI=1S/C25H42NS.HI/c1-4-5-6-7-8-9-10-11-12-16-19-26-24(21-27-25(26)22(2)3)20-23-17-14-13-15-18-23;/h13-15,17-18,22,24H,4-12,16,19-21H2,1-3H3;1H/q+1;/p-1/t24-;/m0./s1. The lowest BCUT2D eigenvalue weighted by atomic mass is 10.0. The third-order valence-electron chi connectivity index (χ3n) is 5.71. The molecule has 160 valence electrons. The van der Waals surface area contributed by atoms with Crippen molar-refractivity contribution in [3.63, 3.8) is 0 Å². The molecule has 1 aliphatic rings. The molecule has 0 fully saturated rings. The van der Waals surface area contributed by atoms with Crippen LogP contribution in [0.15, 0.2) is 30.3 Å². The number of nitrogens with zero attached hydrogens (tertiary/aromatic N) is 1. The Morgan fingerprint density at radius 1 is 0.893 bits per heavy atom. The van der Waals surface area contributed by atoms with Crippen molar-refractivity contribution in [3.05, 3.63) is 35.9 Å². The Kier molecular flexibility index (Phi) is 14.6. The number of halogens is 1. The lowest BCUT2D eigenvalue weighted by Gasteiger charge is -2.12. The second-order valence-electron chi connectivity index (χ2n) is 8.52. The molecule has 0 saturated heterocycles. The van der Waals surface area contributed by atoms with E-state index in [0.29, 0.717) is 12.0 Å². The van der Waals surface area contributed by atoms with Crippen LogP contribution in [0.5, 0.6) is 0 Å². The van der Waals surface area contributed by atoms with Crippen LogP contribution in [0.3, 0.4) is 0 Å². The zero-order valence-electron chi connectivity index (χ0n) is 18.5. The van der Waals surface area contributed by atoms with Crippen LogP contribution < -0.4 is 24.0 Å². The molecule has 1 aliphatic heterocycles. The molecule has 1 nitrogen and oxygen atoms in total. The van der Waals surface area contributed by atoms with Gasteiger partial charge in [-0.25, -0.2) is 4.58 Å². The third-order valence-corrected chi connectivity index (χ3v) is 7.26. The molecule has 0 unspecified atom stereocenters. The van der Waals surface area contributed by atoms with E-state index < -0.39 is 0 Å². The second kappa shape index (κ2) is 15.8. The summed E-state index contributed by atoms with van der Waals surface area (Å²) in [5.74, 6) is 1.93. The van der Waals surface area contributed by atoms with Gasteiger partial charge in [-0.2, -0.15) is 0 Å². The van der Waals surface area contributed by atoms with Gasteiger partial charge in [0, 0.05) is 18.8 Å². The maximum absolute atomic E-state index is 2.76. The van der Waals surface area contributed by atoms with Crippen molar-refractivity contribution in [3.8, 4) is 0 Å². The van der Waals surface area contributed by atoms with Crippen molar-refractivity contribution in [1.29, 1.82) is 0 Å². The summed E-state index contributed by atoms with van der Waals surface area (Å²) in [6, 6.07) is 11.7. The smallest absolute Gasteiger partial charge is 0.213 e. The fourth-order valence-electron chi connectivity index (χ4n) is 4.15. The van der Waals surface area contributed by atoms with E-state index >= 15 is 0 Å². The van der Waals surface area contributed by atoms with Crippen LogP contribution >= 0.6 is 11.8 Å². The van der Waals surface area contributed by atoms with Crippen molar-refractivity contribution < 1.29 is 28.6 Å². The van der Waals surface area contributed by atoms with Gasteiger partial charge in [-0.3, -0.25) is 0 Å². The van der Waals surface area contributed by atoms with E-state index in [1.165, 1.54) is 88.5 Å². The zero-order valence-corrected chi connectivity index (χ0v) is 21.4. The average Bonchev–Trinajstić information content (AvgIpc) is 3.07. The predicted molar refractivity (Wildman–Crippen MR) is 123 cm³/mol. The molecule has 0 aromatic heterocycles. The van der Waals surface area contributed by atoms with E-state index in [0.717, 1.165) is 0 Å². The lowest BCUT2D eigenvalue weighted by Crippen LogP contribution is -3.00. The lowest BCUT2D eigenvalue weighted by molar-refractivity contribution is -0.557. The second-order valence-corrected chi connectivity index (χ2v) is 9.56. The monoisotopic (exact) mass is 515 g/mol. The van der Waals surface area contributed by atoms with Crippen LogP contribution in [0.4, 0.5) is 0 Å². The Hall–Kier alpha value is -0.0300. The average molecular weight is 516 g/mol. The van der Waals surface area contributed by atoms with Crippen molar-refractivity contribution in [1.82, 2.24) is 0 Å². The molecule has 0 N–H and O–H groups in total. The molecule has 1 heterocycles. The molecule has 0 bridgehead atoms. The van der Waals surface area contributed by atoms with Crippen LogP contribution in [0, 0.1) is 5.92 Å². The first kappa shape index (κ1) is 26.0. The number of unbranched alkanes of at least 4 members (excludes halogenated alkanes) is 9. The minimum atomic E-state index is 0. The predicted octanol–water partition coefficient (Wildman–Crippen LogP) is 4.34. The topological polar surface area (TPSA) is 3.01 Å². The Morgan fingerprint density at radius 2 is 1.46 bits per heavy atom. The molecule has 2 rings (SSSR count). The van der Waals surface area contributed by atoms with Gasteiger partial charge in [-0.1, -0.05) is 114 Å². The molecule has 1 aromatic carbocycles. The summed E-state index contributed by atoms with van der Waals surface area (Å²) in [7, 11) is 0. The fourth-order valence-corrected chi connectivity index (χ4v) is 5.55. The van der Waals surface area contributed by atoms with Gasteiger partial charge in [0.2, 0.25) is 5.04 Å². The van der Waals surface area contributed by atoms with Crippen LogP contribution in [-0.4, -0.2) is 28.0 Å².